The van der Waals surface area contributed by atoms with Crippen molar-refractivity contribution >= 4 is 28.3 Å². The lowest BCUT2D eigenvalue weighted by Crippen LogP contribution is -2.39. The smallest absolute Gasteiger partial charge is 0.255 e. The Hall–Kier alpha value is -3.31. The Balaban J connectivity index is 1.44. The summed E-state index contributed by atoms with van der Waals surface area (Å²) in [6.45, 7) is 0.342. The monoisotopic (exact) mass is 431 g/mol. The van der Waals surface area contributed by atoms with Crippen LogP contribution in [-0.2, 0) is 6.61 Å². The van der Waals surface area contributed by atoms with Crippen LogP contribution in [0.4, 0.5) is 0 Å². The van der Waals surface area contributed by atoms with E-state index in [1.54, 1.807) is 16.9 Å². The number of hydrogen-bond donors (Lipinski definition) is 1. The summed E-state index contributed by atoms with van der Waals surface area (Å²) in [5, 5.41) is 9.60. The summed E-state index contributed by atoms with van der Waals surface area (Å²) in [5.41, 5.74) is 2.45. The van der Waals surface area contributed by atoms with Gasteiger partial charge < -0.3 is 10.1 Å². The fraction of sp³-hybridized carbons (Fsp3) is 0.200. The van der Waals surface area contributed by atoms with Crippen LogP contribution >= 0.6 is 11.6 Å². The zero-order valence-electron chi connectivity index (χ0n) is 16.9. The first-order chi connectivity index (χ1) is 15.2. The van der Waals surface area contributed by atoms with Crippen LogP contribution in [0.2, 0.25) is 5.02 Å². The van der Waals surface area contributed by atoms with Crippen LogP contribution < -0.4 is 10.1 Å². The highest BCUT2D eigenvalue weighted by atomic mass is 35.5. The minimum absolute atomic E-state index is 0.138. The van der Waals surface area contributed by atoms with Crippen molar-refractivity contribution in [2.24, 2.45) is 0 Å². The van der Waals surface area contributed by atoms with Gasteiger partial charge in [-0.05, 0) is 49.1 Å². The molecule has 3 aromatic carbocycles. The van der Waals surface area contributed by atoms with Crippen molar-refractivity contribution in [2.75, 3.05) is 0 Å². The van der Waals surface area contributed by atoms with Crippen LogP contribution in [0.1, 0.15) is 35.2 Å². The number of rotatable bonds is 6. The Labute approximate surface area is 185 Å². The van der Waals surface area contributed by atoms with E-state index in [4.69, 9.17) is 16.3 Å². The number of ether oxygens (including phenoxy) is 1. The predicted octanol–water partition coefficient (Wildman–Crippen LogP) is 5.54. The van der Waals surface area contributed by atoms with E-state index in [1.165, 1.54) is 0 Å². The van der Waals surface area contributed by atoms with Crippen molar-refractivity contribution in [1.29, 1.82) is 0 Å². The zero-order chi connectivity index (χ0) is 21.2. The molecule has 1 aliphatic carbocycles. The minimum atomic E-state index is -0.138. The van der Waals surface area contributed by atoms with E-state index < -0.39 is 0 Å². The molecule has 0 spiro atoms. The molecule has 6 heteroatoms. The number of amides is 1. The molecule has 0 bridgehead atoms. The molecule has 1 saturated carbocycles. The summed E-state index contributed by atoms with van der Waals surface area (Å²) >= 11 is 6.50. The normalized spacial score (nSPS) is 13.7. The first-order valence-electron chi connectivity index (χ1n) is 10.4. The van der Waals surface area contributed by atoms with Crippen molar-refractivity contribution in [3.63, 3.8) is 0 Å². The molecule has 1 aromatic heterocycles. The molecule has 1 fully saturated rings. The van der Waals surface area contributed by atoms with E-state index in [9.17, 15) is 4.79 Å². The van der Waals surface area contributed by atoms with Gasteiger partial charge in [-0.15, -0.1) is 0 Å². The summed E-state index contributed by atoms with van der Waals surface area (Å²) in [6, 6.07) is 19.6. The van der Waals surface area contributed by atoms with E-state index in [0.717, 1.165) is 41.3 Å². The highest BCUT2D eigenvalue weighted by Crippen LogP contribution is 2.36. The van der Waals surface area contributed by atoms with Crippen molar-refractivity contribution in [3.8, 4) is 11.4 Å². The fourth-order valence-electron chi connectivity index (χ4n) is 3.77. The highest BCUT2D eigenvalue weighted by Gasteiger charge is 2.24. The largest absolute Gasteiger partial charge is 0.487 e. The molecule has 5 nitrogen and oxygen atoms in total. The number of carbonyl (C=O) groups is 1. The van der Waals surface area contributed by atoms with Gasteiger partial charge in [-0.1, -0.05) is 48.0 Å². The molecule has 0 aliphatic heterocycles. The second-order valence-electron chi connectivity index (χ2n) is 7.79. The molecule has 1 amide bonds. The Kier molecular flexibility index (Phi) is 5.35. The maximum Gasteiger partial charge on any atom is 0.255 e. The molecule has 4 aromatic rings. The van der Waals surface area contributed by atoms with Gasteiger partial charge in [0.1, 0.15) is 12.4 Å². The van der Waals surface area contributed by atoms with Gasteiger partial charge >= 0.3 is 0 Å². The number of nitrogens with one attached hydrogen (secondary N) is 1. The summed E-state index contributed by atoms with van der Waals surface area (Å²) in [5.74, 6) is 0.425. The summed E-state index contributed by atoms with van der Waals surface area (Å²) in [7, 11) is 0. The molecule has 1 aliphatic rings. The van der Waals surface area contributed by atoms with Crippen LogP contribution in [-0.4, -0.2) is 21.7 Å². The lowest BCUT2D eigenvalue weighted by atomic mass is 9.92. The summed E-state index contributed by atoms with van der Waals surface area (Å²) < 4.78 is 8.04. The van der Waals surface area contributed by atoms with Crippen molar-refractivity contribution in [1.82, 2.24) is 15.1 Å². The first-order valence-corrected chi connectivity index (χ1v) is 10.8. The second-order valence-corrected chi connectivity index (χ2v) is 8.19. The highest BCUT2D eigenvalue weighted by molar-refractivity contribution is 6.36. The van der Waals surface area contributed by atoms with Gasteiger partial charge in [0.15, 0.2) is 0 Å². The number of aromatic nitrogens is 2. The van der Waals surface area contributed by atoms with Crippen molar-refractivity contribution < 1.29 is 9.53 Å². The third-order valence-corrected chi connectivity index (χ3v) is 6.03. The van der Waals surface area contributed by atoms with Crippen molar-refractivity contribution in [3.05, 3.63) is 89.2 Å². The van der Waals surface area contributed by atoms with E-state index in [0.29, 0.717) is 22.9 Å². The molecule has 1 N–H and O–H groups in total. The van der Waals surface area contributed by atoms with Crippen LogP contribution in [0.15, 0.2) is 73.1 Å². The van der Waals surface area contributed by atoms with E-state index in [1.807, 2.05) is 60.8 Å². The topological polar surface area (TPSA) is 56.1 Å². The lowest BCUT2D eigenvalue weighted by molar-refractivity contribution is 0.0912. The average molecular weight is 432 g/mol. The standard InChI is InChI=1S/C25H22ClN3O2/c26-23-15-22(25(30)28-18-5-3-6-18)24(21-8-2-1-7-20(21)23)31-16-17-9-11-19(12-10-17)29-14-4-13-27-29/h1-2,4,7-15,18H,3,5-6,16H2,(H,28,30). The van der Waals surface area contributed by atoms with Crippen LogP contribution in [0.3, 0.4) is 0 Å². The van der Waals surface area contributed by atoms with Gasteiger partial charge in [0, 0.05) is 34.2 Å². The maximum atomic E-state index is 13.0. The van der Waals surface area contributed by atoms with Gasteiger partial charge in [-0.25, -0.2) is 4.68 Å². The quantitative estimate of drug-likeness (QED) is 0.436. The Morgan fingerprint density at radius 2 is 1.87 bits per heavy atom. The molecule has 156 valence electrons. The minimum Gasteiger partial charge on any atom is -0.487 e. The van der Waals surface area contributed by atoms with Crippen LogP contribution in [0.25, 0.3) is 16.5 Å². The number of hydrogen-bond acceptors (Lipinski definition) is 3. The third-order valence-electron chi connectivity index (χ3n) is 5.72. The van der Waals surface area contributed by atoms with Gasteiger partial charge in [0.2, 0.25) is 0 Å². The molecule has 0 radical (unpaired) electrons. The molecule has 0 atom stereocenters. The molecular weight excluding hydrogens is 410 g/mol. The van der Waals surface area contributed by atoms with Gasteiger partial charge in [0.05, 0.1) is 11.3 Å². The third kappa shape index (κ3) is 4.01. The molecule has 5 rings (SSSR count). The number of fused-ring (bicyclic) bond motifs is 1. The summed E-state index contributed by atoms with van der Waals surface area (Å²) in [6.07, 6.45) is 6.84. The first kappa shape index (κ1) is 19.6. The van der Waals surface area contributed by atoms with E-state index >= 15 is 0 Å². The second kappa shape index (κ2) is 8.44. The number of carbonyl (C=O) groups excluding carboxylic acids is 1. The number of halogens is 1. The fourth-order valence-corrected chi connectivity index (χ4v) is 4.04. The zero-order valence-corrected chi connectivity index (χ0v) is 17.7. The molecule has 0 unspecified atom stereocenters. The Morgan fingerprint density at radius 3 is 2.55 bits per heavy atom. The van der Waals surface area contributed by atoms with Crippen LogP contribution in [0.5, 0.6) is 5.75 Å². The lowest BCUT2D eigenvalue weighted by Gasteiger charge is -2.27. The molecule has 1 heterocycles. The number of nitrogens with zero attached hydrogens (tertiary/aromatic N) is 2. The molecule has 0 saturated heterocycles. The molecule has 31 heavy (non-hydrogen) atoms. The average Bonchev–Trinajstić information content (AvgIpc) is 3.31. The summed E-state index contributed by atoms with van der Waals surface area (Å²) in [4.78, 5) is 13.0. The Morgan fingerprint density at radius 1 is 1.10 bits per heavy atom. The van der Waals surface area contributed by atoms with E-state index in [2.05, 4.69) is 10.4 Å². The van der Waals surface area contributed by atoms with Gasteiger partial charge in [0.25, 0.3) is 5.91 Å². The number of benzene rings is 3. The van der Waals surface area contributed by atoms with Crippen molar-refractivity contribution in [2.45, 2.75) is 31.9 Å². The van der Waals surface area contributed by atoms with Crippen LogP contribution in [0, 0.1) is 0 Å². The van der Waals surface area contributed by atoms with Gasteiger partial charge in [-0.3, -0.25) is 4.79 Å². The van der Waals surface area contributed by atoms with Gasteiger partial charge in [-0.2, -0.15) is 5.10 Å². The molecular formula is C25H22ClN3O2. The Bertz CT molecular complexity index is 1220. The van der Waals surface area contributed by atoms with E-state index in [-0.39, 0.29) is 11.9 Å². The SMILES string of the molecule is O=C(NC1CCC1)c1cc(Cl)c2ccccc2c1OCc1ccc(-n2cccn2)cc1. The predicted molar refractivity (Wildman–Crippen MR) is 122 cm³/mol. The maximum absolute atomic E-state index is 13.0.